The fourth-order valence-corrected chi connectivity index (χ4v) is 3.16. The van der Waals surface area contributed by atoms with Crippen LogP contribution < -0.4 is 5.32 Å². The van der Waals surface area contributed by atoms with Gasteiger partial charge in [-0.2, -0.15) is 0 Å². The SMILES string of the molecule is CCOC(c1nc(C)c(C(C)NC)s1)C(C)C. The number of rotatable bonds is 6. The monoisotopic (exact) mass is 256 g/mol. The quantitative estimate of drug-likeness (QED) is 0.846. The van der Waals surface area contributed by atoms with Crippen LogP contribution in [0.2, 0.25) is 0 Å². The third kappa shape index (κ3) is 3.50. The summed E-state index contributed by atoms with van der Waals surface area (Å²) in [6.45, 7) is 11.4. The van der Waals surface area contributed by atoms with Crippen molar-refractivity contribution in [2.24, 2.45) is 5.92 Å². The first kappa shape index (κ1) is 14.6. The second-order valence-electron chi connectivity index (χ2n) is 4.63. The fraction of sp³-hybridized carbons (Fsp3) is 0.769. The van der Waals surface area contributed by atoms with Crippen molar-refractivity contribution in [2.45, 2.75) is 46.8 Å². The summed E-state index contributed by atoms with van der Waals surface area (Å²) in [5, 5.41) is 4.37. The van der Waals surface area contributed by atoms with E-state index in [-0.39, 0.29) is 6.10 Å². The van der Waals surface area contributed by atoms with E-state index < -0.39 is 0 Å². The van der Waals surface area contributed by atoms with Gasteiger partial charge in [0.15, 0.2) is 0 Å². The van der Waals surface area contributed by atoms with Gasteiger partial charge in [-0.1, -0.05) is 13.8 Å². The van der Waals surface area contributed by atoms with Gasteiger partial charge in [0.2, 0.25) is 0 Å². The standard InChI is InChI=1S/C13H24N2OS/c1-7-16-11(8(2)3)13-15-10(5)12(17-13)9(4)14-6/h8-9,11,14H,7H2,1-6H3. The summed E-state index contributed by atoms with van der Waals surface area (Å²) in [5.74, 6) is 0.457. The molecule has 1 N–H and O–H groups in total. The molecule has 17 heavy (non-hydrogen) atoms. The molecule has 0 fully saturated rings. The Hall–Kier alpha value is -0.450. The maximum absolute atomic E-state index is 5.80. The molecule has 1 aromatic heterocycles. The van der Waals surface area contributed by atoms with E-state index in [0.717, 1.165) is 17.3 Å². The van der Waals surface area contributed by atoms with E-state index in [1.54, 1.807) is 11.3 Å². The number of aryl methyl sites for hydroxylation is 1. The van der Waals surface area contributed by atoms with E-state index in [1.807, 2.05) is 14.0 Å². The van der Waals surface area contributed by atoms with Crippen LogP contribution in [0.25, 0.3) is 0 Å². The number of hydrogen-bond donors (Lipinski definition) is 1. The molecule has 0 radical (unpaired) electrons. The number of thiazole rings is 1. The lowest BCUT2D eigenvalue weighted by Crippen LogP contribution is -2.11. The second kappa shape index (κ2) is 6.47. The Morgan fingerprint density at radius 1 is 1.35 bits per heavy atom. The van der Waals surface area contributed by atoms with Crippen LogP contribution in [0, 0.1) is 12.8 Å². The normalized spacial score (nSPS) is 15.2. The third-order valence-electron chi connectivity index (χ3n) is 2.87. The van der Waals surface area contributed by atoms with Crippen LogP contribution in [-0.4, -0.2) is 18.6 Å². The van der Waals surface area contributed by atoms with Crippen molar-refractivity contribution in [3.8, 4) is 0 Å². The van der Waals surface area contributed by atoms with Gasteiger partial charge < -0.3 is 10.1 Å². The third-order valence-corrected chi connectivity index (χ3v) is 4.27. The maximum atomic E-state index is 5.80. The average Bonchev–Trinajstić information content (AvgIpc) is 2.66. The second-order valence-corrected chi connectivity index (χ2v) is 5.69. The Morgan fingerprint density at radius 2 is 2.00 bits per heavy atom. The van der Waals surface area contributed by atoms with Crippen LogP contribution in [0.4, 0.5) is 0 Å². The lowest BCUT2D eigenvalue weighted by molar-refractivity contribution is 0.0292. The van der Waals surface area contributed by atoms with Gasteiger partial charge in [0.25, 0.3) is 0 Å². The summed E-state index contributed by atoms with van der Waals surface area (Å²) in [6.07, 6.45) is 0.126. The lowest BCUT2D eigenvalue weighted by Gasteiger charge is -2.18. The fourth-order valence-electron chi connectivity index (χ4n) is 1.81. The molecule has 2 unspecified atom stereocenters. The Labute approximate surface area is 109 Å². The summed E-state index contributed by atoms with van der Waals surface area (Å²) in [6, 6.07) is 0.357. The van der Waals surface area contributed by atoms with Crippen LogP contribution >= 0.6 is 11.3 Å². The largest absolute Gasteiger partial charge is 0.371 e. The zero-order valence-electron chi connectivity index (χ0n) is 11.7. The number of nitrogens with zero attached hydrogens (tertiary/aromatic N) is 1. The average molecular weight is 256 g/mol. The minimum Gasteiger partial charge on any atom is -0.371 e. The summed E-state index contributed by atoms with van der Waals surface area (Å²) < 4.78 is 5.80. The highest BCUT2D eigenvalue weighted by Crippen LogP contribution is 2.33. The van der Waals surface area contributed by atoms with Crippen molar-refractivity contribution in [3.63, 3.8) is 0 Å². The summed E-state index contributed by atoms with van der Waals surface area (Å²) >= 11 is 1.77. The van der Waals surface area contributed by atoms with Crippen LogP contribution in [0.5, 0.6) is 0 Å². The minimum atomic E-state index is 0.126. The molecule has 0 aliphatic heterocycles. The first-order valence-corrected chi connectivity index (χ1v) is 7.08. The summed E-state index contributed by atoms with van der Waals surface area (Å²) in [7, 11) is 1.98. The minimum absolute atomic E-state index is 0.126. The molecule has 0 aromatic carbocycles. The van der Waals surface area contributed by atoms with Crippen LogP contribution in [0.3, 0.4) is 0 Å². The molecular formula is C13H24N2OS. The smallest absolute Gasteiger partial charge is 0.122 e. The van der Waals surface area contributed by atoms with E-state index in [2.05, 4.69) is 38.0 Å². The van der Waals surface area contributed by atoms with Crippen molar-refractivity contribution in [3.05, 3.63) is 15.6 Å². The molecule has 4 heteroatoms. The first-order chi connectivity index (χ1) is 8.01. The van der Waals surface area contributed by atoms with E-state index in [4.69, 9.17) is 4.74 Å². The van der Waals surface area contributed by atoms with E-state index in [9.17, 15) is 0 Å². The zero-order valence-corrected chi connectivity index (χ0v) is 12.5. The highest BCUT2D eigenvalue weighted by atomic mass is 32.1. The van der Waals surface area contributed by atoms with Crippen LogP contribution in [-0.2, 0) is 4.74 Å². The molecule has 0 aliphatic carbocycles. The van der Waals surface area contributed by atoms with Crippen LogP contribution in [0.15, 0.2) is 0 Å². The van der Waals surface area contributed by atoms with Crippen molar-refractivity contribution in [1.82, 2.24) is 10.3 Å². The van der Waals surface area contributed by atoms with Crippen molar-refractivity contribution in [1.29, 1.82) is 0 Å². The van der Waals surface area contributed by atoms with Gasteiger partial charge in [0.05, 0.1) is 5.69 Å². The Balaban J connectivity index is 2.97. The first-order valence-electron chi connectivity index (χ1n) is 6.27. The Morgan fingerprint density at radius 3 is 2.47 bits per heavy atom. The zero-order chi connectivity index (χ0) is 13.0. The molecule has 1 rings (SSSR count). The predicted octanol–water partition coefficient (Wildman–Crippen LogP) is 3.47. The van der Waals surface area contributed by atoms with Gasteiger partial charge in [-0.05, 0) is 33.7 Å². The summed E-state index contributed by atoms with van der Waals surface area (Å²) in [5.41, 5.74) is 1.12. The highest BCUT2D eigenvalue weighted by molar-refractivity contribution is 7.11. The van der Waals surface area contributed by atoms with Crippen molar-refractivity contribution < 1.29 is 4.74 Å². The van der Waals surface area contributed by atoms with Gasteiger partial charge in [-0.3, -0.25) is 0 Å². The molecule has 0 saturated carbocycles. The molecule has 0 bridgehead atoms. The number of hydrogen-bond acceptors (Lipinski definition) is 4. The molecule has 2 atom stereocenters. The number of nitrogens with one attached hydrogen (secondary N) is 1. The summed E-state index contributed by atoms with van der Waals surface area (Å²) in [4.78, 5) is 5.99. The molecule has 1 aromatic rings. The number of aromatic nitrogens is 1. The van der Waals surface area contributed by atoms with Crippen LogP contribution in [0.1, 0.15) is 55.4 Å². The van der Waals surface area contributed by atoms with E-state index >= 15 is 0 Å². The molecule has 1 heterocycles. The van der Waals surface area contributed by atoms with Crippen molar-refractivity contribution >= 4 is 11.3 Å². The maximum Gasteiger partial charge on any atom is 0.122 e. The van der Waals surface area contributed by atoms with Gasteiger partial charge >= 0.3 is 0 Å². The van der Waals surface area contributed by atoms with Gasteiger partial charge in [0.1, 0.15) is 11.1 Å². The Kier molecular flexibility index (Phi) is 5.56. The highest BCUT2D eigenvalue weighted by Gasteiger charge is 2.22. The molecular weight excluding hydrogens is 232 g/mol. The lowest BCUT2D eigenvalue weighted by atomic mass is 10.1. The molecule has 0 aliphatic rings. The van der Waals surface area contributed by atoms with Gasteiger partial charge in [-0.25, -0.2) is 4.98 Å². The van der Waals surface area contributed by atoms with Gasteiger partial charge in [-0.15, -0.1) is 11.3 Å². The molecule has 0 spiro atoms. The van der Waals surface area contributed by atoms with Crippen molar-refractivity contribution in [2.75, 3.05) is 13.7 Å². The van der Waals surface area contributed by atoms with Gasteiger partial charge in [0, 0.05) is 17.5 Å². The Bertz CT molecular complexity index is 349. The molecule has 0 saturated heterocycles. The van der Waals surface area contributed by atoms with E-state index in [1.165, 1.54) is 4.88 Å². The molecule has 98 valence electrons. The topological polar surface area (TPSA) is 34.1 Å². The van der Waals surface area contributed by atoms with E-state index in [0.29, 0.717) is 12.0 Å². The predicted molar refractivity (Wildman–Crippen MR) is 73.5 cm³/mol. The molecule has 0 amide bonds. The molecule has 3 nitrogen and oxygen atoms in total. The number of ether oxygens (including phenoxy) is 1.